The van der Waals surface area contributed by atoms with E-state index in [4.69, 9.17) is 4.42 Å². The van der Waals surface area contributed by atoms with E-state index in [1.807, 2.05) is 42.2 Å². The summed E-state index contributed by atoms with van der Waals surface area (Å²) in [6.45, 7) is 2.83. The molecule has 2 unspecified atom stereocenters. The first-order chi connectivity index (χ1) is 10.7. The van der Waals surface area contributed by atoms with Gasteiger partial charge in [0.15, 0.2) is 0 Å². The van der Waals surface area contributed by atoms with Crippen LogP contribution in [0.5, 0.6) is 0 Å². The van der Waals surface area contributed by atoms with Crippen LogP contribution >= 0.6 is 0 Å². The highest BCUT2D eigenvalue weighted by Crippen LogP contribution is 2.31. The summed E-state index contributed by atoms with van der Waals surface area (Å²) in [7, 11) is 0. The first-order valence-electron chi connectivity index (χ1n) is 7.88. The predicted octanol–water partition coefficient (Wildman–Crippen LogP) is 3.76. The Morgan fingerprint density at radius 2 is 2.14 bits per heavy atom. The summed E-state index contributed by atoms with van der Waals surface area (Å²) in [5.41, 5.74) is 1.22. The van der Waals surface area contributed by atoms with Gasteiger partial charge in [0.1, 0.15) is 5.76 Å². The molecule has 1 saturated heterocycles. The van der Waals surface area contributed by atoms with Crippen molar-refractivity contribution >= 4 is 6.03 Å². The lowest BCUT2D eigenvalue weighted by Gasteiger charge is -2.27. The third kappa shape index (κ3) is 3.32. The van der Waals surface area contributed by atoms with E-state index < -0.39 is 0 Å². The topological polar surface area (TPSA) is 45.5 Å². The van der Waals surface area contributed by atoms with Crippen LogP contribution in [0, 0.1) is 0 Å². The van der Waals surface area contributed by atoms with Gasteiger partial charge < -0.3 is 14.6 Å². The van der Waals surface area contributed by atoms with Gasteiger partial charge in [-0.25, -0.2) is 4.79 Å². The average Bonchev–Trinajstić information content (AvgIpc) is 3.18. The van der Waals surface area contributed by atoms with Gasteiger partial charge in [0.25, 0.3) is 0 Å². The Bertz CT molecular complexity index is 595. The molecule has 2 amide bonds. The van der Waals surface area contributed by atoms with E-state index in [1.165, 1.54) is 5.56 Å². The molecule has 0 spiro atoms. The zero-order chi connectivity index (χ0) is 15.4. The SMILES string of the molecule is CC(Cc1ccco1)NC(=O)N1CCCC1c1ccccc1. The molecule has 0 saturated carbocycles. The maximum atomic E-state index is 12.6. The summed E-state index contributed by atoms with van der Waals surface area (Å²) >= 11 is 0. The Kier molecular flexibility index (Phi) is 4.47. The zero-order valence-corrected chi connectivity index (χ0v) is 12.9. The lowest BCUT2D eigenvalue weighted by atomic mass is 10.1. The van der Waals surface area contributed by atoms with Crippen molar-refractivity contribution in [3.8, 4) is 0 Å². The molecule has 1 aromatic heterocycles. The summed E-state index contributed by atoms with van der Waals surface area (Å²) in [4.78, 5) is 14.5. The van der Waals surface area contributed by atoms with E-state index >= 15 is 0 Å². The number of benzene rings is 1. The minimum atomic E-state index is 0.0189. The number of hydrogen-bond donors (Lipinski definition) is 1. The lowest BCUT2D eigenvalue weighted by Crippen LogP contribution is -2.44. The Hall–Kier alpha value is -2.23. The number of urea groups is 1. The van der Waals surface area contributed by atoms with Gasteiger partial charge in [-0.1, -0.05) is 30.3 Å². The minimum Gasteiger partial charge on any atom is -0.469 e. The number of nitrogens with one attached hydrogen (secondary N) is 1. The molecule has 1 aliphatic heterocycles. The number of rotatable bonds is 4. The molecule has 0 radical (unpaired) electrons. The van der Waals surface area contributed by atoms with Gasteiger partial charge in [-0.2, -0.15) is 0 Å². The smallest absolute Gasteiger partial charge is 0.318 e. The highest BCUT2D eigenvalue weighted by atomic mass is 16.3. The molecule has 2 aromatic rings. The quantitative estimate of drug-likeness (QED) is 0.934. The number of likely N-dealkylation sites (tertiary alicyclic amines) is 1. The third-order valence-corrected chi connectivity index (χ3v) is 4.16. The van der Waals surface area contributed by atoms with Gasteiger partial charge >= 0.3 is 6.03 Å². The second-order valence-corrected chi connectivity index (χ2v) is 5.90. The summed E-state index contributed by atoms with van der Waals surface area (Å²) in [5, 5.41) is 3.09. The molecule has 1 N–H and O–H groups in total. The van der Waals surface area contributed by atoms with Gasteiger partial charge in [0.2, 0.25) is 0 Å². The largest absolute Gasteiger partial charge is 0.469 e. The van der Waals surface area contributed by atoms with Crippen molar-refractivity contribution in [1.82, 2.24) is 10.2 Å². The summed E-state index contributed by atoms with van der Waals surface area (Å²) in [6, 6.07) is 14.3. The van der Waals surface area contributed by atoms with Gasteiger partial charge in [0, 0.05) is 19.0 Å². The molecule has 3 rings (SSSR count). The van der Waals surface area contributed by atoms with Crippen molar-refractivity contribution in [2.75, 3.05) is 6.54 Å². The lowest BCUT2D eigenvalue weighted by molar-refractivity contribution is 0.189. The average molecular weight is 298 g/mol. The number of hydrogen-bond acceptors (Lipinski definition) is 2. The molecule has 0 bridgehead atoms. The van der Waals surface area contributed by atoms with Gasteiger partial charge in [-0.15, -0.1) is 0 Å². The van der Waals surface area contributed by atoms with Crippen molar-refractivity contribution in [3.63, 3.8) is 0 Å². The van der Waals surface area contributed by atoms with E-state index in [9.17, 15) is 4.79 Å². The Balaban J connectivity index is 1.61. The minimum absolute atomic E-state index is 0.0189. The van der Waals surface area contributed by atoms with E-state index in [0.717, 1.165) is 25.1 Å². The van der Waals surface area contributed by atoms with E-state index in [-0.39, 0.29) is 18.1 Å². The molecule has 116 valence electrons. The van der Waals surface area contributed by atoms with Crippen LogP contribution in [-0.2, 0) is 6.42 Å². The Labute approximate surface area is 131 Å². The van der Waals surface area contributed by atoms with Crippen molar-refractivity contribution in [2.45, 2.75) is 38.3 Å². The van der Waals surface area contributed by atoms with Crippen LogP contribution in [0.15, 0.2) is 53.1 Å². The van der Waals surface area contributed by atoms with Crippen molar-refractivity contribution in [1.29, 1.82) is 0 Å². The Morgan fingerprint density at radius 3 is 2.86 bits per heavy atom. The highest BCUT2D eigenvalue weighted by Gasteiger charge is 2.30. The number of furan rings is 1. The van der Waals surface area contributed by atoms with E-state index in [2.05, 4.69) is 17.4 Å². The van der Waals surface area contributed by atoms with E-state index in [1.54, 1.807) is 6.26 Å². The molecular formula is C18H22N2O2. The first-order valence-corrected chi connectivity index (χ1v) is 7.88. The van der Waals surface area contributed by atoms with Crippen LogP contribution in [0.1, 0.15) is 37.1 Å². The summed E-state index contributed by atoms with van der Waals surface area (Å²) in [6.07, 6.45) is 4.46. The number of amides is 2. The molecule has 1 aromatic carbocycles. The number of carbonyl (C=O) groups excluding carboxylic acids is 1. The second kappa shape index (κ2) is 6.69. The summed E-state index contributed by atoms with van der Waals surface area (Å²) < 4.78 is 5.34. The first kappa shape index (κ1) is 14.7. The molecule has 4 heteroatoms. The van der Waals surface area contributed by atoms with Crippen LogP contribution in [0.2, 0.25) is 0 Å². The fourth-order valence-corrected chi connectivity index (χ4v) is 3.11. The van der Waals surface area contributed by atoms with Crippen LogP contribution in [-0.4, -0.2) is 23.5 Å². The summed E-state index contributed by atoms with van der Waals surface area (Å²) in [5.74, 6) is 0.897. The number of carbonyl (C=O) groups is 1. The predicted molar refractivity (Wildman–Crippen MR) is 85.5 cm³/mol. The van der Waals surface area contributed by atoms with Gasteiger partial charge in [0.05, 0.1) is 12.3 Å². The van der Waals surface area contributed by atoms with Crippen molar-refractivity contribution in [3.05, 3.63) is 60.1 Å². The Morgan fingerprint density at radius 1 is 1.32 bits per heavy atom. The second-order valence-electron chi connectivity index (χ2n) is 5.90. The van der Waals surface area contributed by atoms with Crippen LogP contribution in [0.25, 0.3) is 0 Å². The fraction of sp³-hybridized carbons (Fsp3) is 0.389. The molecular weight excluding hydrogens is 276 g/mol. The third-order valence-electron chi connectivity index (χ3n) is 4.16. The monoisotopic (exact) mass is 298 g/mol. The highest BCUT2D eigenvalue weighted by molar-refractivity contribution is 5.75. The molecule has 0 aliphatic carbocycles. The van der Waals surface area contributed by atoms with Gasteiger partial charge in [-0.05, 0) is 37.5 Å². The molecule has 2 atom stereocenters. The molecule has 4 nitrogen and oxygen atoms in total. The van der Waals surface area contributed by atoms with Crippen LogP contribution in [0.4, 0.5) is 4.79 Å². The van der Waals surface area contributed by atoms with E-state index in [0.29, 0.717) is 6.42 Å². The standard InChI is InChI=1S/C18H22N2O2/c1-14(13-16-9-6-12-22-16)19-18(21)20-11-5-10-17(20)15-7-3-2-4-8-15/h2-4,6-9,12,14,17H,5,10-11,13H2,1H3,(H,19,21). The zero-order valence-electron chi connectivity index (χ0n) is 12.9. The molecule has 1 fully saturated rings. The number of nitrogens with zero attached hydrogens (tertiary/aromatic N) is 1. The van der Waals surface area contributed by atoms with Gasteiger partial charge in [-0.3, -0.25) is 0 Å². The fourth-order valence-electron chi connectivity index (χ4n) is 3.11. The molecule has 2 heterocycles. The van der Waals surface area contributed by atoms with Crippen LogP contribution < -0.4 is 5.32 Å². The molecule has 1 aliphatic rings. The molecule has 22 heavy (non-hydrogen) atoms. The normalized spacial score (nSPS) is 19.1. The maximum Gasteiger partial charge on any atom is 0.318 e. The van der Waals surface area contributed by atoms with Crippen molar-refractivity contribution in [2.24, 2.45) is 0 Å². The van der Waals surface area contributed by atoms with Crippen molar-refractivity contribution < 1.29 is 9.21 Å². The maximum absolute atomic E-state index is 12.6. The van der Waals surface area contributed by atoms with Crippen LogP contribution in [0.3, 0.4) is 0 Å².